The van der Waals surface area contributed by atoms with Crippen molar-refractivity contribution >= 4 is 70.8 Å². The van der Waals surface area contributed by atoms with Crippen LogP contribution in [0.2, 0.25) is 0 Å². The number of unbranched alkanes of at least 4 members (excludes halogenated alkanes) is 11. The quantitative estimate of drug-likeness (QED) is 0.0310. The van der Waals surface area contributed by atoms with Crippen molar-refractivity contribution in [2.45, 2.75) is 167 Å². The van der Waals surface area contributed by atoms with Crippen molar-refractivity contribution < 1.29 is 82.6 Å². The standard InChI is InChI=1S/C51H86N4O17S/c1-2-38(43(58)31-40(32-56)50(66)67)35-73-36-46(61)53-26-25-52-45(60)33-72-48(64)34-71-30-29-70-28-27-54-44(59)24-23-42(51(68)69)55-49(65)39-20-17-37(18-21-39)19-22-41(57)15-13-11-9-7-5-3-4-6-8-10-12-14-16-47(62)63/h37-40,42,56H,2-36H2,1H3,(H,52,60)(H,53,61)(H,54,59)(H,55,65)(H,62,63)(H,66,67)(H,68,69)/t37?,38-,39?,40-,42-/m0/s1. The number of Topliss-reactive ketones (excluding diaryl/α,β-unsaturated/α-hetero) is 2. The summed E-state index contributed by atoms with van der Waals surface area (Å²) in [4.78, 5) is 120. The van der Waals surface area contributed by atoms with E-state index in [0.717, 1.165) is 57.8 Å². The molecule has 1 aliphatic carbocycles. The average Bonchev–Trinajstić information content (AvgIpc) is 3.36. The summed E-state index contributed by atoms with van der Waals surface area (Å²) in [6, 6.07) is -1.21. The third-order valence-corrected chi connectivity index (χ3v) is 13.8. The zero-order valence-electron chi connectivity index (χ0n) is 43.1. The summed E-state index contributed by atoms with van der Waals surface area (Å²) in [5.41, 5.74) is 0. The SMILES string of the molecule is CC[C@@H](CSCC(=O)NCCNC(=O)COC(=O)COCCOCCNC(=O)CC[C@H](NC(=O)C1CCC(CCC(=O)CCCCCCCCCCCCCCC(=O)O)CC1)C(=O)O)C(=O)C[C@@H](CO)C(=O)O. The number of carboxylic acid groups (broad SMARTS) is 3. The van der Waals surface area contributed by atoms with Gasteiger partial charge < -0.3 is 55.9 Å². The molecule has 0 bridgehead atoms. The van der Waals surface area contributed by atoms with Gasteiger partial charge in [0.2, 0.25) is 17.7 Å². The van der Waals surface area contributed by atoms with Gasteiger partial charge in [-0.25, -0.2) is 9.59 Å². The maximum absolute atomic E-state index is 13.0. The molecule has 1 aliphatic rings. The predicted molar refractivity (Wildman–Crippen MR) is 271 cm³/mol. The van der Waals surface area contributed by atoms with Crippen LogP contribution in [0.15, 0.2) is 0 Å². The molecule has 1 fully saturated rings. The molecule has 0 aliphatic heterocycles. The summed E-state index contributed by atoms with van der Waals surface area (Å²) in [6.45, 7) is 0.661. The number of ketones is 2. The number of carboxylic acids is 3. The third kappa shape index (κ3) is 36.0. The van der Waals surface area contributed by atoms with Crippen molar-refractivity contribution in [1.29, 1.82) is 0 Å². The minimum Gasteiger partial charge on any atom is -0.481 e. The fourth-order valence-corrected chi connectivity index (χ4v) is 9.30. The van der Waals surface area contributed by atoms with E-state index in [9.17, 15) is 53.1 Å². The molecular weight excluding hydrogens is 973 g/mol. The van der Waals surface area contributed by atoms with E-state index in [0.29, 0.717) is 43.8 Å². The number of aliphatic hydroxyl groups excluding tert-OH is 1. The van der Waals surface area contributed by atoms with E-state index >= 15 is 0 Å². The summed E-state index contributed by atoms with van der Waals surface area (Å²) in [5.74, 6) is -6.85. The Morgan fingerprint density at radius 3 is 1.75 bits per heavy atom. The predicted octanol–water partition coefficient (Wildman–Crippen LogP) is 4.37. The molecule has 1 saturated carbocycles. The maximum Gasteiger partial charge on any atom is 0.332 e. The Kier molecular flexibility index (Phi) is 38.8. The lowest BCUT2D eigenvalue weighted by atomic mass is 9.79. The van der Waals surface area contributed by atoms with Gasteiger partial charge in [-0.15, -0.1) is 0 Å². The van der Waals surface area contributed by atoms with Crippen molar-refractivity contribution in [3.63, 3.8) is 0 Å². The molecule has 0 heterocycles. The highest BCUT2D eigenvalue weighted by Gasteiger charge is 2.30. The summed E-state index contributed by atoms with van der Waals surface area (Å²) in [6.07, 6.45) is 18.3. The second kappa shape index (κ2) is 42.7. The molecule has 8 N–H and O–H groups in total. The first-order chi connectivity index (χ1) is 35.1. The molecule has 0 aromatic rings. The van der Waals surface area contributed by atoms with E-state index in [2.05, 4.69) is 21.3 Å². The number of amides is 4. The van der Waals surface area contributed by atoms with Gasteiger partial charge in [-0.05, 0) is 63.7 Å². The lowest BCUT2D eigenvalue weighted by Gasteiger charge is -2.28. The minimum absolute atomic E-state index is 0.0183. The lowest BCUT2D eigenvalue weighted by molar-refractivity contribution is -0.153. The Balaban J connectivity index is 2.06. The maximum atomic E-state index is 13.0. The molecule has 0 radical (unpaired) electrons. The lowest BCUT2D eigenvalue weighted by Crippen LogP contribution is -2.45. The molecule has 21 nitrogen and oxygen atoms in total. The highest BCUT2D eigenvalue weighted by atomic mass is 32.2. The first-order valence-corrected chi connectivity index (χ1v) is 27.5. The molecule has 0 aromatic heterocycles. The van der Waals surface area contributed by atoms with Crippen molar-refractivity contribution in [2.24, 2.45) is 23.7 Å². The van der Waals surface area contributed by atoms with Crippen LogP contribution >= 0.6 is 11.8 Å². The van der Waals surface area contributed by atoms with Gasteiger partial charge in [0, 0.05) is 69.3 Å². The van der Waals surface area contributed by atoms with Crippen LogP contribution in [0, 0.1) is 23.7 Å². The Labute approximate surface area is 434 Å². The Morgan fingerprint density at radius 2 is 1.18 bits per heavy atom. The van der Waals surface area contributed by atoms with Crippen molar-refractivity contribution in [2.75, 3.05) is 70.8 Å². The Morgan fingerprint density at radius 1 is 0.603 bits per heavy atom. The van der Waals surface area contributed by atoms with Gasteiger partial charge in [0.25, 0.3) is 5.91 Å². The van der Waals surface area contributed by atoms with Crippen LogP contribution in [0.4, 0.5) is 0 Å². The topological polar surface area (TPSA) is 327 Å². The van der Waals surface area contributed by atoms with Crippen LogP contribution < -0.4 is 21.3 Å². The number of ether oxygens (including phenoxy) is 3. The van der Waals surface area contributed by atoms with Gasteiger partial charge in [-0.1, -0.05) is 71.1 Å². The molecule has 0 aromatic carbocycles. The largest absolute Gasteiger partial charge is 0.481 e. The van der Waals surface area contributed by atoms with E-state index in [4.69, 9.17) is 29.5 Å². The van der Waals surface area contributed by atoms with Gasteiger partial charge in [0.1, 0.15) is 24.2 Å². The summed E-state index contributed by atoms with van der Waals surface area (Å²) >= 11 is 1.21. The summed E-state index contributed by atoms with van der Waals surface area (Å²) in [7, 11) is 0. The molecule has 4 amide bonds. The van der Waals surface area contributed by atoms with E-state index in [-0.39, 0.29) is 100 Å². The molecule has 22 heteroatoms. The summed E-state index contributed by atoms with van der Waals surface area (Å²) in [5, 5.41) is 46.9. The summed E-state index contributed by atoms with van der Waals surface area (Å²) < 4.78 is 15.4. The van der Waals surface area contributed by atoms with E-state index in [1.165, 1.54) is 50.3 Å². The normalized spacial score (nSPS) is 15.5. The molecule has 1 rings (SSSR count). The second-order valence-corrected chi connectivity index (χ2v) is 19.8. The van der Waals surface area contributed by atoms with Gasteiger partial charge >= 0.3 is 23.9 Å². The first kappa shape index (κ1) is 66.3. The fraction of sp³-hybridized carbons (Fsp3) is 0.804. The zero-order valence-corrected chi connectivity index (χ0v) is 44.0. The Hall–Kier alpha value is -4.67. The van der Waals surface area contributed by atoms with Crippen LogP contribution in [-0.4, -0.2) is 156 Å². The number of esters is 1. The van der Waals surface area contributed by atoms with Crippen molar-refractivity contribution in [3.05, 3.63) is 0 Å². The number of carbonyl (C=O) groups is 10. The van der Waals surface area contributed by atoms with Gasteiger partial charge in [0.05, 0.1) is 38.1 Å². The Bertz CT molecular complexity index is 1660. The fourth-order valence-electron chi connectivity index (χ4n) is 8.18. The number of nitrogens with one attached hydrogen (secondary N) is 4. The van der Waals surface area contributed by atoms with E-state index < -0.39 is 73.4 Å². The van der Waals surface area contributed by atoms with E-state index in [1.807, 2.05) is 0 Å². The highest BCUT2D eigenvalue weighted by molar-refractivity contribution is 7.99. The molecule has 0 unspecified atom stereocenters. The van der Waals surface area contributed by atoms with Crippen LogP contribution in [0.25, 0.3) is 0 Å². The number of aliphatic hydroxyl groups is 1. The number of thioether (sulfide) groups is 1. The molecular formula is C51H86N4O17S. The molecule has 73 heavy (non-hydrogen) atoms. The third-order valence-electron chi connectivity index (χ3n) is 12.7. The number of aliphatic carboxylic acids is 3. The molecule has 3 atom stereocenters. The number of hydrogen-bond acceptors (Lipinski definition) is 15. The average molecular weight is 1060 g/mol. The van der Waals surface area contributed by atoms with Gasteiger partial charge in [-0.2, -0.15) is 11.8 Å². The molecule has 418 valence electrons. The molecule has 0 saturated heterocycles. The van der Waals surface area contributed by atoms with Crippen LogP contribution in [0.5, 0.6) is 0 Å². The monoisotopic (exact) mass is 1060 g/mol. The second-order valence-electron chi connectivity index (χ2n) is 18.8. The van der Waals surface area contributed by atoms with Crippen LogP contribution in [-0.2, 0) is 62.2 Å². The minimum atomic E-state index is -1.24. The smallest absolute Gasteiger partial charge is 0.332 e. The first-order valence-electron chi connectivity index (χ1n) is 26.4. The van der Waals surface area contributed by atoms with Gasteiger partial charge in [-0.3, -0.25) is 38.4 Å². The number of rotatable bonds is 47. The number of hydrogen-bond donors (Lipinski definition) is 8. The molecule has 0 spiro atoms. The zero-order chi connectivity index (χ0) is 54.1. The highest BCUT2D eigenvalue weighted by Crippen LogP contribution is 2.32. The van der Waals surface area contributed by atoms with Crippen LogP contribution in [0.1, 0.15) is 161 Å². The van der Waals surface area contributed by atoms with Crippen molar-refractivity contribution in [3.8, 4) is 0 Å². The van der Waals surface area contributed by atoms with E-state index in [1.54, 1.807) is 6.92 Å². The van der Waals surface area contributed by atoms with Gasteiger partial charge in [0.15, 0.2) is 6.61 Å². The van der Waals surface area contributed by atoms with Crippen LogP contribution in [0.3, 0.4) is 0 Å². The van der Waals surface area contributed by atoms with Crippen molar-refractivity contribution in [1.82, 2.24) is 21.3 Å². The number of carbonyl (C=O) groups excluding carboxylic acids is 7.